The number of nitrogens with zero attached hydrogens (tertiary/aromatic N) is 1. The van der Waals surface area contributed by atoms with Gasteiger partial charge in [0.05, 0.1) is 40.3 Å². The molecule has 0 amide bonds. The van der Waals surface area contributed by atoms with Crippen molar-refractivity contribution in [2.45, 2.75) is 96.5 Å². The Morgan fingerprint density at radius 2 is 1.63 bits per heavy atom. The van der Waals surface area contributed by atoms with E-state index in [0.29, 0.717) is 13.0 Å². The number of rotatable bonds is 20. The number of quaternary nitrogens is 1. The summed E-state index contributed by atoms with van der Waals surface area (Å²) in [6.07, 6.45) is 7.51. The van der Waals surface area contributed by atoms with Crippen LogP contribution in [0.1, 0.15) is 78.1 Å². The van der Waals surface area contributed by atoms with Crippen molar-refractivity contribution in [3.05, 3.63) is 0 Å². The van der Waals surface area contributed by atoms with Crippen molar-refractivity contribution in [1.82, 2.24) is 0 Å². The van der Waals surface area contributed by atoms with Gasteiger partial charge < -0.3 is 33.4 Å². The smallest absolute Gasteiger partial charge is 0.330 e. The molecule has 2 N–H and O–H groups in total. The maximum absolute atomic E-state index is 12.3. The van der Waals surface area contributed by atoms with Gasteiger partial charge in [-0.2, -0.15) is 0 Å². The second-order valence-electron chi connectivity index (χ2n) is 8.76. The first-order chi connectivity index (χ1) is 14.1. The number of hydrogen-bond donors (Lipinski definition) is 2. The number of carbonyl (C=O) groups is 1. The minimum atomic E-state index is -2.29. The van der Waals surface area contributed by atoms with Crippen LogP contribution in [0.4, 0.5) is 0 Å². The zero-order valence-electron chi connectivity index (χ0n) is 19.5. The first-order valence-electron chi connectivity index (χ1n) is 11.2. The van der Waals surface area contributed by atoms with Crippen molar-refractivity contribution in [3.63, 3.8) is 0 Å². The van der Waals surface area contributed by atoms with E-state index in [9.17, 15) is 14.8 Å². The Morgan fingerprint density at radius 3 is 2.23 bits per heavy atom. The second-order valence-corrected chi connectivity index (χ2v) is 9.71. The number of ether oxygens (including phenoxy) is 1. The first kappa shape index (κ1) is 29.7. The van der Waals surface area contributed by atoms with Gasteiger partial charge in [-0.25, -0.2) is 0 Å². The molecule has 0 radical (unpaired) electrons. The van der Waals surface area contributed by atoms with Crippen LogP contribution in [0.5, 0.6) is 0 Å². The van der Waals surface area contributed by atoms with E-state index >= 15 is 0 Å². The van der Waals surface area contributed by atoms with Gasteiger partial charge in [0, 0.05) is 12.8 Å². The third-order valence-corrected chi connectivity index (χ3v) is 5.64. The molecule has 0 saturated carbocycles. The van der Waals surface area contributed by atoms with Gasteiger partial charge in [0.15, 0.2) is 0 Å². The minimum absolute atomic E-state index is 0.0185. The monoisotopic (exact) mass is 453 g/mol. The minimum Gasteiger partial charge on any atom is -0.804 e. The summed E-state index contributed by atoms with van der Waals surface area (Å²) in [4.78, 5) is 20.9. The number of aliphatic carboxylic acids is 1. The zero-order valence-corrected chi connectivity index (χ0v) is 20.4. The maximum Gasteiger partial charge on any atom is 0.330 e. The first-order valence-corrected chi connectivity index (χ1v) is 12.3. The van der Waals surface area contributed by atoms with Gasteiger partial charge in [0.25, 0.3) is 0 Å². The van der Waals surface area contributed by atoms with Gasteiger partial charge in [-0.15, -0.1) is 0 Å². The highest BCUT2D eigenvalue weighted by Gasteiger charge is 2.29. The topological polar surface area (TPSA) is 108 Å². The van der Waals surface area contributed by atoms with Crippen molar-refractivity contribution >= 4 is 14.6 Å². The van der Waals surface area contributed by atoms with Crippen molar-refractivity contribution in [3.8, 4) is 0 Å². The van der Waals surface area contributed by atoms with Gasteiger partial charge in [-0.05, 0) is 26.2 Å². The van der Waals surface area contributed by atoms with E-state index in [-0.39, 0.29) is 17.2 Å². The van der Waals surface area contributed by atoms with Crippen LogP contribution in [0, 0.1) is 0 Å². The summed E-state index contributed by atoms with van der Waals surface area (Å²) in [6.45, 7) is 5.22. The molecular formula is C21H44NO7P. The number of unbranched alkanes of at least 4 members (excludes halogenated alkanes) is 6. The summed E-state index contributed by atoms with van der Waals surface area (Å²) in [5, 5.41) is 21.3. The summed E-state index contributed by atoms with van der Waals surface area (Å²) in [5.41, 5.74) is 0. The quantitative estimate of drug-likeness (QED) is 0.126. The largest absolute Gasteiger partial charge is 0.804 e. The maximum atomic E-state index is 12.3. The molecule has 0 spiro atoms. The highest BCUT2D eigenvalue weighted by molar-refractivity contribution is 7.40. The van der Waals surface area contributed by atoms with E-state index in [1.165, 1.54) is 38.5 Å². The third kappa shape index (κ3) is 16.4. The van der Waals surface area contributed by atoms with Gasteiger partial charge >= 0.3 is 14.6 Å². The summed E-state index contributed by atoms with van der Waals surface area (Å²) >= 11 is 0. The molecule has 8 nitrogen and oxygen atoms in total. The van der Waals surface area contributed by atoms with Crippen LogP contribution in [0.25, 0.3) is 0 Å². The van der Waals surface area contributed by atoms with Gasteiger partial charge in [-0.1, -0.05) is 45.4 Å². The Balaban J connectivity index is 3.89. The predicted octanol–water partition coefficient (Wildman–Crippen LogP) is 3.41. The molecule has 9 heteroatoms. The summed E-state index contributed by atoms with van der Waals surface area (Å²) in [6, 6.07) is 0. The molecule has 0 bridgehead atoms. The molecule has 0 fully saturated rings. The number of likely N-dealkylation sites (N-methyl/N-ethyl adjacent to an activating group) is 1. The van der Waals surface area contributed by atoms with E-state index in [4.69, 9.17) is 18.9 Å². The van der Waals surface area contributed by atoms with Crippen LogP contribution in [0.2, 0.25) is 0 Å². The van der Waals surface area contributed by atoms with Crippen LogP contribution >= 0.6 is 8.60 Å². The van der Waals surface area contributed by atoms with Crippen molar-refractivity contribution < 1.29 is 38.2 Å². The molecule has 0 aliphatic heterocycles. The molecule has 30 heavy (non-hydrogen) atoms. The molecule has 4 unspecified atom stereocenters. The zero-order chi connectivity index (χ0) is 23.0. The number of carboxylic acid groups (broad SMARTS) is 1. The van der Waals surface area contributed by atoms with Crippen molar-refractivity contribution in [1.29, 1.82) is 0 Å². The molecule has 0 saturated heterocycles. The Kier molecular flexibility index (Phi) is 17.0. The van der Waals surface area contributed by atoms with Crippen LogP contribution < -0.4 is 5.11 Å². The standard InChI is InChI=1S/C21H44NO7P/c1-6-7-8-9-10-11-14-18(2)27-15-12-13-16-28-30(26)29-19(17-20(23)24)21(25)22(3,4)5/h18-19,21,26H,6-17H2,1-5H3,(H,23,24). The lowest BCUT2D eigenvalue weighted by molar-refractivity contribution is -0.973. The molecule has 0 aliphatic carbocycles. The summed E-state index contributed by atoms with van der Waals surface area (Å²) < 4.78 is 16.3. The molecule has 0 rings (SSSR count). The van der Waals surface area contributed by atoms with E-state index < -0.39 is 33.3 Å². The summed E-state index contributed by atoms with van der Waals surface area (Å²) in [5.74, 6) is -1.15. The average molecular weight is 454 g/mol. The number of hydrogen-bond acceptors (Lipinski definition) is 6. The average Bonchev–Trinajstić information content (AvgIpc) is 2.65. The Labute approximate surface area is 184 Å². The van der Waals surface area contributed by atoms with Crippen molar-refractivity contribution in [2.24, 2.45) is 0 Å². The molecule has 0 heterocycles. The van der Waals surface area contributed by atoms with Crippen LogP contribution in [-0.2, 0) is 18.6 Å². The lowest BCUT2D eigenvalue weighted by atomic mass is 10.1. The van der Waals surface area contributed by atoms with E-state index in [0.717, 1.165) is 12.8 Å². The van der Waals surface area contributed by atoms with Crippen LogP contribution in [0.15, 0.2) is 0 Å². The Morgan fingerprint density at radius 1 is 1.03 bits per heavy atom. The Hall–Kier alpha value is -0.340. The second kappa shape index (κ2) is 17.2. The highest BCUT2D eigenvalue weighted by atomic mass is 31.2. The molecule has 180 valence electrons. The fraction of sp³-hybridized carbons (Fsp3) is 0.952. The van der Waals surface area contributed by atoms with E-state index in [2.05, 4.69) is 13.8 Å². The molecule has 4 atom stereocenters. The molecule has 0 aromatic rings. The van der Waals surface area contributed by atoms with E-state index in [1.807, 2.05) is 0 Å². The van der Waals surface area contributed by atoms with E-state index in [1.54, 1.807) is 21.1 Å². The molecule has 0 aromatic carbocycles. The van der Waals surface area contributed by atoms with Gasteiger partial charge in [-0.3, -0.25) is 4.79 Å². The predicted molar refractivity (Wildman–Crippen MR) is 117 cm³/mol. The van der Waals surface area contributed by atoms with Crippen LogP contribution in [0.3, 0.4) is 0 Å². The highest BCUT2D eigenvalue weighted by Crippen LogP contribution is 2.36. The molecule has 0 aliphatic rings. The van der Waals surface area contributed by atoms with Gasteiger partial charge in [0.1, 0.15) is 6.10 Å². The lowest BCUT2D eigenvalue weighted by Crippen LogP contribution is -2.60. The SMILES string of the molecule is CCCCCCCCC(C)OCCCCOP(O)OC(CC(=O)O)C([O-])[N+](C)(C)C. The van der Waals surface area contributed by atoms with Crippen molar-refractivity contribution in [2.75, 3.05) is 34.4 Å². The molecular weight excluding hydrogens is 409 g/mol. The molecule has 0 aromatic heterocycles. The summed E-state index contributed by atoms with van der Waals surface area (Å²) in [7, 11) is 2.68. The fourth-order valence-corrected chi connectivity index (χ4v) is 3.69. The third-order valence-electron chi connectivity index (χ3n) is 4.79. The fourth-order valence-electron chi connectivity index (χ4n) is 2.93. The normalized spacial score (nSPS) is 16.2. The van der Waals surface area contributed by atoms with Gasteiger partial charge in [0.2, 0.25) is 0 Å². The lowest BCUT2D eigenvalue weighted by Gasteiger charge is -2.42. The Bertz CT molecular complexity index is 434. The van der Waals surface area contributed by atoms with Crippen LogP contribution in [-0.4, -0.2) is 73.2 Å². The number of carboxylic acids is 1.